The highest BCUT2D eigenvalue weighted by molar-refractivity contribution is 9.10. The maximum atomic E-state index is 5.43. The van der Waals surface area contributed by atoms with E-state index in [2.05, 4.69) is 36.3 Å². The molecule has 2 heterocycles. The molecule has 0 aliphatic carbocycles. The summed E-state index contributed by atoms with van der Waals surface area (Å²) in [5, 5.41) is 11.2. The standard InChI is InChI=1S/C17H11BrN4O/c18-13-8-4-7-12(9-13)16-20-17(23-22-16)14-10-19-21-15(14)11-5-2-1-3-6-11/h1-10H,(H,19,21). The van der Waals surface area contributed by atoms with Gasteiger partial charge in [-0.1, -0.05) is 63.6 Å². The maximum Gasteiger partial charge on any atom is 0.262 e. The van der Waals surface area contributed by atoms with Crippen LogP contribution in [0.25, 0.3) is 34.1 Å². The van der Waals surface area contributed by atoms with Gasteiger partial charge in [-0.3, -0.25) is 5.10 Å². The Labute approximate surface area is 140 Å². The van der Waals surface area contributed by atoms with Crippen molar-refractivity contribution in [1.82, 2.24) is 20.3 Å². The Kier molecular flexibility index (Phi) is 3.51. The van der Waals surface area contributed by atoms with Crippen LogP contribution in [0.2, 0.25) is 0 Å². The molecule has 23 heavy (non-hydrogen) atoms. The van der Waals surface area contributed by atoms with Crippen LogP contribution >= 0.6 is 15.9 Å². The fraction of sp³-hybridized carbons (Fsp3) is 0. The minimum absolute atomic E-state index is 0.438. The van der Waals surface area contributed by atoms with Gasteiger partial charge in [-0.15, -0.1) is 0 Å². The molecule has 0 radical (unpaired) electrons. The van der Waals surface area contributed by atoms with Crippen LogP contribution < -0.4 is 0 Å². The highest BCUT2D eigenvalue weighted by atomic mass is 79.9. The molecule has 0 amide bonds. The van der Waals surface area contributed by atoms with Gasteiger partial charge in [0.25, 0.3) is 5.89 Å². The van der Waals surface area contributed by atoms with Crippen molar-refractivity contribution >= 4 is 15.9 Å². The van der Waals surface area contributed by atoms with Crippen molar-refractivity contribution in [2.45, 2.75) is 0 Å². The van der Waals surface area contributed by atoms with E-state index in [1.807, 2.05) is 54.6 Å². The molecule has 0 unspecified atom stereocenters. The van der Waals surface area contributed by atoms with E-state index in [-0.39, 0.29) is 0 Å². The molecule has 5 nitrogen and oxygen atoms in total. The number of hydrogen-bond donors (Lipinski definition) is 1. The first-order valence-corrected chi connectivity index (χ1v) is 7.79. The Morgan fingerprint density at radius 3 is 2.61 bits per heavy atom. The largest absolute Gasteiger partial charge is 0.333 e. The van der Waals surface area contributed by atoms with E-state index in [0.717, 1.165) is 26.9 Å². The van der Waals surface area contributed by atoms with Gasteiger partial charge in [0.05, 0.1) is 17.5 Å². The zero-order valence-electron chi connectivity index (χ0n) is 11.9. The zero-order valence-corrected chi connectivity index (χ0v) is 13.5. The van der Waals surface area contributed by atoms with Gasteiger partial charge in [0.2, 0.25) is 5.82 Å². The summed E-state index contributed by atoms with van der Waals surface area (Å²) in [6.45, 7) is 0. The molecule has 4 rings (SSSR count). The fourth-order valence-electron chi connectivity index (χ4n) is 2.35. The van der Waals surface area contributed by atoms with Crippen molar-refractivity contribution in [3.05, 3.63) is 65.3 Å². The van der Waals surface area contributed by atoms with Gasteiger partial charge in [-0.25, -0.2) is 0 Å². The second kappa shape index (κ2) is 5.81. The lowest BCUT2D eigenvalue weighted by Gasteiger charge is -1.98. The number of nitrogens with one attached hydrogen (secondary N) is 1. The molecule has 0 aliphatic rings. The third-order valence-corrected chi connectivity index (χ3v) is 3.93. The van der Waals surface area contributed by atoms with Gasteiger partial charge >= 0.3 is 0 Å². The first kappa shape index (κ1) is 13.9. The number of nitrogens with zero attached hydrogens (tertiary/aromatic N) is 3. The average Bonchev–Trinajstić information content (AvgIpc) is 3.25. The molecule has 0 atom stereocenters. The molecule has 112 valence electrons. The molecule has 2 aromatic heterocycles. The summed E-state index contributed by atoms with van der Waals surface area (Å²) in [6.07, 6.45) is 1.69. The third-order valence-electron chi connectivity index (χ3n) is 3.44. The average molecular weight is 367 g/mol. The van der Waals surface area contributed by atoms with E-state index in [0.29, 0.717) is 11.7 Å². The second-order valence-corrected chi connectivity index (χ2v) is 5.87. The van der Waals surface area contributed by atoms with Crippen molar-refractivity contribution in [2.75, 3.05) is 0 Å². The lowest BCUT2D eigenvalue weighted by Crippen LogP contribution is -1.83. The minimum Gasteiger partial charge on any atom is -0.333 e. The van der Waals surface area contributed by atoms with Crippen molar-refractivity contribution in [3.8, 4) is 34.1 Å². The third kappa shape index (κ3) is 2.68. The van der Waals surface area contributed by atoms with Gasteiger partial charge in [-0.2, -0.15) is 10.1 Å². The smallest absolute Gasteiger partial charge is 0.262 e. The van der Waals surface area contributed by atoms with Crippen LogP contribution in [0.1, 0.15) is 0 Å². The minimum atomic E-state index is 0.438. The van der Waals surface area contributed by atoms with E-state index in [1.165, 1.54) is 0 Å². The zero-order chi connectivity index (χ0) is 15.6. The van der Waals surface area contributed by atoms with Crippen molar-refractivity contribution in [2.24, 2.45) is 0 Å². The SMILES string of the molecule is Brc1cccc(-c2noc(-c3cn[nH]c3-c3ccccc3)n2)c1. The number of benzene rings is 2. The monoisotopic (exact) mass is 366 g/mol. The van der Waals surface area contributed by atoms with Crippen molar-refractivity contribution < 1.29 is 4.52 Å². The van der Waals surface area contributed by atoms with Gasteiger partial charge in [-0.05, 0) is 12.1 Å². The van der Waals surface area contributed by atoms with Crippen LogP contribution in [0, 0.1) is 0 Å². The topological polar surface area (TPSA) is 67.6 Å². The first-order valence-electron chi connectivity index (χ1n) is 7.00. The molecule has 0 spiro atoms. The van der Waals surface area contributed by atoms with Gasteiger partial charge in [0.15, 0.2) is 0 Å². The van der Waals surface area contributed by atoms with Crippen molar-refractivity contribution in [1.29, 1.82) is 0 Å². The Morgan fingerprint density at radius 2 is 1.78 bits per heavy atom. The summed E-state index contributed by atoms with van der Waals surface area (Å²) in [4.78, 5) is 4.49. The first-order chi connectivity index (χ1) is 11.3. The lowest BCUT2D eigenvalue weighted by atomic mass is 10.1. The van der Waals surface area contributed by atoms with Crippen LogP contribution in [0.3, 0.4) is 0 Å². The summed E-state index contributed by atoms with van der Waals surface area (Å²) in [5.41, 5.74) is 3.54. The summed E-state index contributed by atoms with van der Waals surface area (Å²) in [6, 6.07) is 17.7. The number of halogens is 1. The highest BCUT2D eigenvalue weighted by Crippen LogP contribution is 2.30. The second-order valence-electron chi connectivity index (χ2n) is 4.96. The summed E-state index contributed by atoms with van der Waals surface area (Å²) in [7, 11) is 0. The molecule has 2 aromatic carbocycles. The maximum absolute atomic E-state index is 5.43. The molecule has 0 aliphatic heterocycles. The van der Waals surface area contributed by atoms with E-state index in [1.54, 1.807) is 6.20 Å². The molecule has 0 bridgehead atoms. The van der Waals surface area contributed by atoms with E-state index in [4.69, 9.17) is 4.52 Å². The Hall–Kier alpha value is -2.73. The number of aromatic nitrogens is 4. The van der Waals surface area contributed by atoms with Crippen molar-refractivity contribution in [3.63, 3.8) is 0 Å². The van der Waals surface area contributed by atoms with Crippen LogP contribution in [0.15, 0.2) is 69.8 Å². The number of H-pyrrole nitrogens is 1. The molecule has 0 fully saturated rings. The van der Waals surface area contributed by atoms with Crippen LogP contribution in [0.4, 0.5) is 0 Å². The van der Waals surface area contributed by atoms with Crippen LogP contribution in [-0.2, 0) is 0 Å². The Balaban J connectivity index is 1.75. The Bertz CT molecular complexity index is 946. The van der Waals surface area contributed by atoms with Gasteiger partial charge < -0.3 is 4.52 Å². The predicted octanol–water partition coefficient (Wildman–Crippen LogP) is 4.56. The molecule has 0 saturated heterocycles. The van der Waals surface area contributed by atoms with Gasteiger partial charge in [0.1, 0.15) is 0 Å². The lowest BCUT2D eigenvalue weighted by molar-refractivity contribution is 0.432. The number of rotatable bonds is 3. The van der Waals surface area contributed by atoms with Gasteiger partial charge in [0, 0.05) is 15.6 Å². The highest BCUT2D eigenvalue weighted by Gasteiger charge is 2.17. The quantitative estimate of drug-likeness (QED) is 0.577. The summed E-state index contributed by atoms with van der Waals surface area (Å²) < 4.78 is 6.40. The van der Waals surface area contributed by atoms with E-state index >= 15 is 0 Å². The molecular weight excluding hydrogens is 356 g/mol. The summed E-state index contributed by atoms with van der Waals surface area (Å²) in [5.74, 6) is 0.981. The molecule has 4 aromatic rings. The molecule has 6 heteroatoms. The number of aromatic amines is 1. The molecule has 0 saturated carbocycles. The normalized spacial score (nSPS) is 10.8. The number of hydrogen-bond acceptors (Lipinski definition) is 4. The predicted molar refractivity (Wildman–Crippen MR) is 90.5 cm³/mol. The molecule has 1 N–H and O–H groups in total. The van der Waals surface area contributed by atoms with Crippen LogP contribution in [-0.4, -0.2) is 20.3 Å². The Morgan fingerprint density at radius 1 is 0.957 bits per heavy atom. The summed E-state index contributed by atoms with van der Waals surface area (Å²) >= 11 is 3.45. The molecular formula is C17H11BrN4O. The van der Waals surface area contributed by atoms with E-state index < -0.39 is 0 Å². The van der Waals surface area contributed by atoms with E-state index in [9.17, 15) is 0 Å². The van der Waals surface area contributed by atoms with Crippen LogP contribution in [0.5, 0.6) is 0 Å². The fourth-order valence-corrected chi connectivity index (χ4v) is 2.75.